The van der Waals surface area contributed by atoms with Gasteiger partial charge in [-0.25, -0.2) is 4.98 Å². The van der Waals surface area contributed by atoms with Gasteiger partial charge in [-0.3, -0.25) is 0 Å². The molecule has 0 saturated carbocycles. The van der Waals surface area contributed by atoms with E-state index >= 15 is 0 Å². The van der Waals surface area contributed by atoms with Gasteiger partial charge in [0.05, 0.1) is 10.7 Å². The third-order valence-corrected chi connectivity index (χ3v) is 5.08. The summed E-state index contributed by atoms with van der Waals surface area (Å²) in [6.45, 7) is 0. The number of rotatable bonds is 4. The maximum Gasteiger partial charge on any atom is 0.187 e. The summed E-state index contributed by atoms with van der Waals surface area (Å²) in [5, 5.41) is 7.41. The number of benzene rings is 2. The highest BCUT2D eigenvalue weighted by Crippen LogP contribution is 2.33. The summed E-state index contributed by atoms with van der Waals surface area (Å²) in [6, 6.07) is 13.6. The Morgan fingerprint density at radius 3 is 2.82 bits per heavy atom. The third-order valence-electron chi connectivity index (χ3n) is 3.03. The molecule has 0 aliphatic heterocycles. The van der Waals surface area contributed by atoms with Gasteiger partial charge in [-0.05, 0) is 42.7 Å². The molecule has 3 aromatic rings. The SMILES string of the molecule is CSc1cccc(Nc2nc(-c3cc(Cl)ccc3Cl)cs2)c1. The third kappa shape index (κ3) is 3.58. The highest BCUT2D eigenvalue weighted by Gasteiger charge is 2.09. The van der Waals surface area contributed by atoms with Crippen molar-refractivity contribution < 1.29 is 0 Å². The topological polar surface area (TPSA) is 24.9 Å². The van der Waals surface area contributed by atoms with Crippen molar-refractivity contribution in [3.8, 4) is 11.3 Å². The van der Waals surface area contributed by atoms with Crippen molar-refractivity contribution in [1.82, 2.24) is 4.98 Å². The van der Waals surface area contributed by atoms with E-state index in [1.54, 1.807) is 23.9 Å². The molecular formula is C16H12Cl2N2S2. The minimum absolute atomic E-state index is 0.644. The molecule has 0 bridgehead atoms. The van der Waals surface area contributed by atoms with E-state index in [1.807, 2.05) is 23.6 Å². The van der Waals surface area contributed by atoms with Gasteiger partial charge in [0, 0.05) is 26.5 Å². The van der Waals surface area contributed by atoms with Crippen LogP contribution in [0.1, 0.15) is 0 Å². The monoisotopic (exact) mass is 366 g/mol. The van der Waals surface area contributed by atoms with Crippen LogP contribution < -0.4 is 5.32 Å². The molecule has 0 unspecified atom stereocenters. The van der Waals surface area contributed by atoms with E-state index in [9.17, 15) is 0 Å². The first-order valence-electron chi connectivity index (χ1n) is 6.48. The van der Waals surface area contributed by atoms with Crippen LogP contribution in [0.15, 0.2) is 52.7 Å². The van der Waals surface area contributed by atoms with Gasteiger partial charge >= 0.3 is 0 Å². The maximum atomic E-state index is 6.22. The number of thioether (sulfide) groups is 1. The molecule has 1 N–H and O–H groups in total. The molecule has 1 heterocycles. The van der Waals surface area contributed by atoms with Gasteiger partial charge in [0.25, 0.3) is 0 Å². The van der Waals surface area contributed by atoms with Crippen LogP contribution in [0.25, 0.3) is 11.3 Å². The Hall–Kier alpha value is -1.20. The summed E-state index contributed by atoms with van der Waals surface area (Å²) in [4.78, 5) is 5.80. The van der Waals surface area contributed by atoms with Crippen molar-refractivity contribution in [2.75, 3.05) is 11.6 Å². The van der Waals surface area contributed by atoms with Crippen LogP contribution >= 0.6 is 46.3 Å². The molecule has 0 saturated heterocycles. The average Bonchev–Trinajstić information content (AvgIpc) is 2.98. The summed E-state index contributed by atoms with van der Waals surface area (Å²) in [5.74, 6) is 0. The molecule has 1 aromatic heterocycles. The minimum Gasteiger partial charge on any atom is -0.332 e. The van der Waals surface area contributed by atoms with E-state index in [1.165, 1.54) is 16.2 Å². The molecule has 0 spiro atoms. The Morgan fingerprint density at radius 1 is 1.14 bits per heavy atom. The van der Waals surface area contributed by atoms with Gasteiger partial charge in [-0.15, -0.1) is 23.1 Å². The molecule has 22 heavy (non-hydrogen) atoms. The summed E-state index contributed by atoms with van der Waals surface area (Å²) >= 11 is 15.5. The molecule has 0 aliphatic rings. The number of thiazole rings is 1. The van der Waals surface area contributed by atoms with Crippen LogP contribution in [0.4, 0.5) is 10.8 Å². The molecule has 6 heteroatoms. The zero-order valence-corrected chi connectivity index (χ0v) is 14.8. The molecule has 0 radical (unpaired) electrons. The fourth-order valence-corrected chi connectivity index (χ4v) is 3.55. The Morgan fingerprint density at radius 2 is 2.00 bits per heavy atom. The number of halogens is 2. The van der Waals surface area contributed by atoms with Crippen molar-refractivity contribution in [2.45, 2.75) is 4.90 Å². The number of anilines is 2. The summed E-state index contributed by atoms with van der Waals surface area (Å²) < 4.78 is 0. The first kappa shape index (κ1) is 15.7. The van der Waals surface area contributed by atoms with Gasteiger partial charge in [-0.2, -0.15) is 0 Å². The quantitative estimate of drug-likeness (QED) is 0.527. The van der Waals surface area contributed by atoms with E-state index in [2.05, 4.69) is 28.7 Å². The number of nitrogens with one attached hydrogen (secondary N) is 1. The average molecular weight is 367 g/mol. The number of hydrogen-bond donors (Lipinski definition) is 1. The molecule has 0 aliphatic carbocycles. The van der Waals surface area contributed by atoms with E-state index in [0.29, 0.717) is 10.0 Å². The van der Waals surface area contributed by atoms with Crippen molar-refractivity contribution in [1.29, 1.82) is 0 Å². The first-order valence-corrected chi connectivity index (χ1v) is 9.34. The second-order valence-corrected chi connectivity index (χ2v) is 7.10. The second-order valence-electron chi connectivity index (χ2n) is 4.52. The van der Waals surface area contributed by atoms with Crippen molar-refractivity contribution in [3.63, 3.8) is 0 Å². The van der Waals surface area contributed by atoms with Crippen molar-refractivity contribution in [2.24, 2.45) is 0 Å². The predicted octanol–water partition coefficient (Wildman–Crippen LogP) is 6.58. The van der Waals surface area contributed by atoms with Gasteiger partial charge in [0.15, 0.2) is 5.13 Å². The van der Waals surface area contributed by atoms with Crippen LogP contribution in [0.3, 0.4) is 0 Å². The van der Waals surface area contributed by atoms with Gasteiger partial charge in [-0.1, -0.05) is 29.3 Å². The smallest absolute Gasteiger partial charge is 0.187 e. The minimum atomic E-state index is 0.644. The fourth-order valence-electron chi connectivity index (χ4n) is 1.97. The molecule has 112 valence electrons. The highest BCUT2D eigenvalue weighted by molar-refractivity contribution is 7.98. The Bertz CT molecular complexity index is 802. The van der Waals surface area contributed by atoms with E-state index < -0.39 is 0 Å². The summed E-state index contributed by atoms with van der Waals surface area (Å²) in [6.07, 6.45) is 2.06. The van der Waals surface area contributed by atoms with Gasteiger partial charge < -0.3 is 5.32 Å². The van der Waals surface area contributed by atoms with Crippen LogP contribution in [0, 0.1) is 0 Å². The number of hydrogen-bond acceptors (Lipinski definition) is 4. The molecule has 2 nitrogen and oxygen atoms in total. The molecule has 0 fully saturated rings. The lowest BCUT2D eigenvalue weighted by atomic mass is 10.2. The van der Waals surface area contributed by atoms with Crippen LogP contribution in [-0.2, 0) is 0 Å². The molecular weight excluding hydrogens is 355 g/mol. The lowest BCUT2D eigenvalue weighted by Crippen LogP contribution is -1.90. The first-order chi connectivity index (χ1) is 10.7. The lowest BCUT2D eigenvalue weighted by Gasteiger charge is -2.04. The second kappa shape index (κ2) is 6.92. The van der Waals surface area contributed by atoms with Crippen LogP contribution in [-0.4, -0.2) is 11.2 Å². The molecule has 0 amide bonds. The lowest BCUT2D eigenvalue weighted by molar-refractivity contribution is 1.37. The zero-order chi connectivity index (χ0) is 15.5. The predicted molar refractivity (Wildman–Crippen MR) is 99.1 cm³/mol. The van der Waals surface area contributed by atoms with E-state index in [-0.39, 0.29) is 0 Å². The largest absolute Gasteiger partial charge is 0.332 e. The normalized spacial score (nSPS) is 10.7. The Labute approximate surface area is 147 Å². The highest BCUT2D eigenvalue weighted by atomic mass is 35.5. The number of aromatic nitrogens is 1. The van der Waals surface area contributed by atoms with Crippen LogP contribution in [0.2, 0.25) is 10.0 Å². The van der Waals surface area contributed by atoms with E-state index in [4.69, 9.17) is 23.2 Å². The van der Waals surface area contributed by atoms with Gasteiger partial charge in [0.1, 0.15) is 0 Å². The van der Waals surface area contributed by atoms with E-state index in [0.717, 1.165) is 22.1 Å². The van der Waals surface area contributed by atoms with Crippen LogP contribution in [0.5, 0.6) is 0 Å². The Kier molecular flexibility index (Phi) is 4.93. The fraction of sp³-hybridized carbons (Fsp3) is 0.0625. The standard InChI is InChI=1S/C16H12Cl2N2S2/c1-21-12-4-2-3-11(8-12)19-16-20-15(9-22-16)13-7-10(17)5-6-14(13)18/h2-9H,1H3,(H,19,20). The molecule has 2 aromatic carbocycles. The van der Waals surface area contributed by atoms with Crippen molar-refractivity contribution in [3.05, 3.63) is 57.9 Å². The zero-order valence-electron chi connectivity index (χ0n) is 11.6. The summed E-state index contributed by atoms with van der Waals surface area (Å²) in [5.41, 5.74) is 2.68. The summed E-state index contributed by atoms with van der Waals surface area (Å²) in [7, 11) is 0. The van der Waals surface area contributed by atoms with Crippen molar-refractivity contribution >= 4 is 57.1 Å². The number of nitrogens with zero attached hydrogens (tertiary/aromatic N) is 1. The van der Waals surface area contributed by atoms with Gasteiger partial charge in [0.2, 0.25) is 0 Å². The maximum absolute atomic E-state index is 6.22. The molecule has 0 atom stereocenters. The Balaban J connectivity index is 1.86. The molecule has 3 rings (SSSR count).